The molecule has 25 heavy (non-hydrogen) atoms. The monoisotopic (exact) mass is 340 g/mol. The van der Waals surface area contributed by atoms with E-state index in [1.165, 1.54) is 0 Å². The van der Waals surface area contributed by atoms with E-state index in [1.54, 1.807) is 0 Å². The lowest BCUT2D eigenvalue weighted by atomic mass is 10.0. The molecule has 0 aliphatic carbocycles. The lowest BCUT2D eigenvalue weighted by Gasteiger charge is -2.13. The first-order valence-electron chi connectivity index (χ1n) is 9.18. The summed E-state index contributed by atoms with van der Waals surface area (Å²) >= 11 is 0. The first-order valence-corrected chi connectivity index (χ1v) is 9.18. The second kappa shape index (κ2) is 9.87. The Morgan fingerprint density at radius 1 is 0.920 bits per heavy atom. The largest absolute Gasteiger partial charge is 0.494 e. The van der Waals surface area contributed by atoms with E-state index in [2.05, 4.69) is 13.8 Å². The summed E-state index contributed by atoms with van der Waals surface area (Å²) in [4.78, 5) is 12.2. The van der Waals surface area contributed by atoms with Gasteiger partial charge in [-0.15, -0.1) is 0 Å². The molecule has 0 aliphatic rings. The predicted molar refractivity (Wildman–Crippen MR) is 102 cm³/mol. The third kappa shape index (κ3) is 5.93. The quantitative estimate of drug-likeness (QED) is 0.535. The van der Waals surface area contributed by atoms with E-state index in [9.17, 15) is 4.79 Å². The third-order valence-electron chi connectivity index (χ3n) is 4.05. The van der Waals surface area contributed by atoms with E-state index in [4.69, 9.17) is 9.47 Å². The molecule has 0 N–H and O–H groups in total. The maximum atomic E-state index is 12.2. The molecule has 0 bridgehead atoms. The van der Waals surface area contributed by atoms with E-state index in [-0.39, 0.29) is 12.1 Å². The molecule has 0 heterocycles. The van der Waals surface area contributed by atoms with Gasteiger partial charge < -0.3 is 9.47 Å². The number of unbranched alkanes of at least 4 members (excludes halogenated alkanes) is 1. The average Bonchev–Trinajstić information content (AvgIpc) is 2.65. The van der Waals surface area contributed by atoms with Gasteiger partial charge in [-0.1, -0.05) is 51.0 Å². The zero-order chi connectivity index (χ0) is 18.1. The Morgan fingerprint density at radius 2 is 1.52 bits per heavy atom. The molecule has 0 amide bonds. The Balaban J connectivity index is 1.98. The van der Waals surface area contributed by atoms with Gasteiger partial charge in [0, 0.05) is 0 Å². The van der Waals surface area contributed by atoms with Crippen LogP contribution in [0.25, 0.3) is 11.1 Å². The number of esters is 1. The Hall–Kier alpha value is -2.29. The van der Waals surface area contributed by atoms with Crippen molar-refractivity contribution in [2.75, 3.05) is 6.61 Å². The van der Waals surface area contributed by atoms with Crippen molar-refractivity contribution < 1.29 is 14.3 Å². The molecule has 3 heteroatoms. The number of ether oxygens (including phenoxy) is 2. The van der Waals surface area contributed by atoms with Crippen LogP contribution >= 0.6 is 0 Å². The molecular weight excluding hydrogens is 312 g/mol. The second-order valence-electron chi connectivity index (χ2n) is 6.31. The van der Waals surface area contributed by atoms with Crippen LogP contribution < -0.4 is 4.74 Å². The molecule has 0 spiro atoms. The molecule has 2 aromatic carbocycles. The van der Waals surface area contributed by atoms with Gasteiger partial charge in [0.05, 0.1) is 18.3 Å². The number of hydrogen-bond acceptors (Lipinski definition) is 3. The highest BCUT2D eigenvalue weighted by Gasteiger charge is 2.11. The molecule has 134 valence electrons. The Labute approximate surface area is 151 Å². The van der Waals surface area contributed by atoms with Gasteiger partial charge in [0.1, 0.15) is 5.75 Å². The van der Waals surface area contributed by atoms with Crippen LogP contribution in [0.2, 0.25) is 0 Å². The van der Waals surface area contributed by atoms with Crippen molar-refractivity contribution in [1.82, 2.24) is 0 Å². The third-order valence-corrected chi connectivity index (χ3v) is 4.05. The SMILES string of the molecule is CCCCC(C)OC(=O)c1ccc(-c2ccc(OCCC)cc2)cc1. The first kappa shape index (κ1) is 19.0. The van der Waals surface area contributed by atoms with Gasteiger partial charge in [-0.25, -0.2) is 4.79 Å². The fraction of sp³-hybridized carbons (Fsp3) is 0.409. The maximum absolute atomic E-state index is 12.2. The highest BCUT2D eigenvalue weighted by Crippen LogP contribution is 2.23. The second-order valence-corrected chi connectivity index (χ2v) is 6.31. The topological polar surface area (TPSA) is 35.5 Å². The maximum Gasteiger partial charge on any atom is 0.338 e. The molecule has 0 aliphatic heterocycles. The van der Waals surface area contributed by atoms with Crippen LogP contribution in [-0.4, -0.2) is 18.7 Å². The highest BCUT2D eigenvalue weighted by atomic mass is 16.5. The van der Waals surface area contributed by atoms with Gasteiger partial charge in [0.2, 0.25) is 0 Å². The van der Waals surface area contributed by atoms with Gasteiger partial charge in [0.25, 0.3) is 0 Å². The van der Waals surface area contributed by atoms with Gasteiger partial charge >= 0.3 is 5.97 Å². The predicted octanol–water partition coefficient (Wildman–Crippen LogP) is 5.88. The molecule has 0 radical (unpaired) electrons. The van der Waals surface area contributed by atoms with Gasteiger partial charge in [0.15, 0.2) is 0 Å². The van der Waals surface area contributed by atoms with Crippen LogP contribution in [0.4, 0.5) is 0 Å². The molecule has 0 fully saturated rings. The minimum Gasteiger partial charge on any atom is -0.494 e. The number of hydrogen-bond donors (Lipinski definition) is 0. The van der Waals surface area contributed by atoms with E-state index >= 15 is 0 Å². The summed E-state index contributed by atoms with van der Waals surface area (Å²) in [5.41, 5.74) is 2.76. The number of carbonyl (C=O) groups is 1. The fourth-order valence-electron chi connectivity index (χ4n) is 2.56. The summed E-state index contributed by atoms with van der Waals surface area (Å²) < 4.78 is 11.1. The summed E-state index contributed by atoms with van der Waals surface area (Å²) in [6.07, 6.45) is 4.05. The van der Waals surface area contributed by atoms with E-state index in [0.29, 0.717) is 5.56 Å². The number of carbonyl (C=O) groups excluding carboxylic acids is 1. The molecule has 3 nitrogen and oxygen atoms in total. The van der Waals surface area contributed by atoms with Crippen LogP contribution in [0.15, 0.2) is 48.5 Å². The van der Waals surface area contributed by atoms with Crippen LogP contribution in [0, 0.1) is 0 Å². The summed E-state index contributed by atoms with van der Waals surface area (Å²) in [6, 6.07) is 15.6. The van der Waals surface area contributed by atoms with Crippen molar-refractivity contribution in [1.29, 1.82) is 0 Å². The highest BCUT2D eigenvalue weighted by molar-refractivity contribution is 5.90. The average molecular weight is 340 g/mol. The zero-order valence-corrected chi connectivity index (χ0v) is 15.5. The molecule has 1 atom stereocenters. The van der Waals surface area contributed by atoms with Crippen molar-refractivity contribution in [3.05, 3.63) is 54.1 Å². The van der Waals surface area contributed by atoms with Crippen molar-refractivity contribution in [3.63, 3.8) is 0 Å². The van der Waals surface area contributed by atoms with Crippen molar-refractivity contribution in [3.8, 4) is 16.9 Å². The number of benzene rings is 2. The van der Waals surface area contributed by atoms with Crippen LogP contribution in [-0.2, 0) is 4.74 Å². The summed E-state index contributed by atoms with van der Waals surface area (Å²) in [7, 11) is 0. The molecule has 0 saturated heterocycles. The van der Waals surface area contributed by atoms with Crippen LogP contribution in [0.3, 0.4) is 0 Å². The number of rotatable bonds is 9. The molecule has 0 saturated carbocycles. The van der Waals surface area contributed by atoms with Crippen LogP contribution in [0.1, 0.15) is 56.8 Å². The molecule has 0 aromatic heterocycles. The zero-order valence-electron chi connectivity index (χ0n) is 15.5. The van der Waals surface area contributed by atoms with Gasteiger partial charge in [-0.2, -0.15) is 0 Å². The molecule has 2 rings (SSSR count). The summed E-state index contributed by atoms with van der Waals surface area (Å²) in [5, 5.41) is 0. The molecule has 2 aromatic rings. The standard InChI is InChI=1S/C22H28O3/c1-4-6-7-17(3)25-22(23)20-10-8-18(9-11-20)19-12-14-21(15-13-19)24-16-5-2/h8-15,17H,4-7,16H2,1-3H3. The Kier molecular flexibility index (Phi) is 7.52. The summed E-state index contributed by atoms with van der Waals surface area (Å²) in [6.45, 7) is 6.90. The first-order chi connectivity index (χ1) is 12.1. The van der Waals surface area contributed by atoms with Crippen molar-refractivity contribution >= 4 is 5.97 Å². The van der Waals surface area contributed by atoms with Crippen molar-refractivity contribution in [2.24, 2.45) is 0 Å². The lowest BCUT2D eigenvalue weighted by molar-refractivity contribution is 0.0320. The Morgan fingerprint density at radius 3 is 2.08 bits per heavy atom. The van der Waals surface area contributed by atoms with Crippen LogP contribution in [0.5, 0.6) is 5.75 Å². The Bertz CT molecular complexity index is 644. The van der Waals surface area contributed by atoms with Crippen molar-refractivity contribution in [2.45, 2.75) is 52.6 Å². The van der Waals surface area contributed by atoms with E-state index in [1.807, 2.05) is 55.5 Å². The molecular formula is C22H28O3. The fourth-order valence-corrected chi connectivity index (χ4v) is 2.56. The van der Waals surface area contributed by atoms with Gasteiger partial charge in [-0.3, -0.25) is 0 Å². The normalized spacial score (nSPS) is 11.8. The summed E-state index contributed by atoms with van der Waals surface area (Å²) in [5.74, 6) is 0.630. The van der Waals surface area contributed by atoms with E-state index in [0.717, 1.165) is 49.2 Å². The lowest BCUT2D eigenvalue weighted by Crippen LogP contribution is -2.14. The minimum absolute atomic E-state index is 0.0391. The van der Waals surface area contributed by atoms with E-state index < -0.39 is 0 Å². The minimum atomic E-state index is -0.251. The smallest absolute Gasteiger partial charge is 0.338 e. The van der Waals surface area contributed by atoms with Gasteiger partial charge in [-0.05, 0) is 55.2 Å². The molecule has 1 unspecified atom stereocenters.